The molecule has 1 heterocycles. The first-order valence-corrected chi connectivity index (χ1v) is 23.4. The predicted octanol–water partition coefficient (Wildman–Crippen LogP) is 9.73. The molecule has 0 aromatic carbocycles. The zero-order chi connectivity index (χ0) is 40.2. The molecule has 6 N–H and O–H groups in total. The normalized spacial score (nSPS) is 21.3. The highest BCUT2D eigenvalue weighted by Gasteiger charge is 2.44. The van der Waals surface area contributed by atoms with Crippen molar-refractivity contribution in [3.8, 4) is 0 Å². The lowest BCUT2D eigenvalue weighted by Crippen LogP contribution is -2.60. The van der Waals surface area contributed by atoms with Crippen LogP contribution in [0, 0.1) is 0 Å². The lowest BCUT2D eigenvalue weighted by atomic mass is 9.99. The Balaban J connectivity index is 2.16. The summed E-state index contributed by atoms with van der Waals surface area (Å²) in [6.07, 6.45) is 36.0. The molecule has 0 aromatic heterocycles. The fraction of sp³-hybridized carbons (Fsp3) is 0.935. The molecule has 326 valence electrons. The molecule has 1 fully saturated rings. The monoisotopic (exact) mass is 784 g/mol. The van der Waals surface area contributed by atoms with E-state index in [1.54, 1.807) is 6.08 Å². The highest BCUT2D eigenvalue weighted by molar-refractivity contribution is 5.76. The van der Waals surface area contributed by atoms with Crippen LogP contribution in [-0.2, 0) is 14.3 Å². The molecule has 7 atom stereocenters. The number of rotatable bonds is 39. The zero-order valence-electron chi connectivity index (χ0n) is 35.7. The molecule has 0 aliphatic carbocycles. The number of carbonyl (C=O) groups excluding carboxylic acids is 1. The number of unbranched alkanes of at least 4 members (excludes halogenated alkanes) is 29. The minimum atomic E-state index is -1.56. The molecule has 1 amide bonds. The van der Waals surface area contributed by atoms with Crippen LogP contribution in [0.5, 0.6) is 0 Å². The molecule has 7 unspecified atom stereocenters. The van der Waals surface area contributed by atoms with Gasteiger partial charge in [-0.1, -0.05) is 206 Å². The van der Waals surface area contributed by atoms with E-state index in [9.17, 15) is 30.3 Å². The Morgan fingerprint density at radius 1 is 0.600 bits per heavy atom. The second-order valence-corrected chi connectivity index (χ2v) is 16.6. The first-order chi connectivity index (χ1) is 26.8. The zero-order valence-corrected chi connectivity index (χ0v) is 35.7. The summed E-state index contributed by atoms with van der Waals surface area (Å²) in [7, 11) is 0. The minimum absolute atomic E-state index is 0.185. The molecule has 0 bridgehead atoms. The predicted molar refractivity (Wildman–Crippen MR) is 226 cm³/mol. The molecule has 1 rings (SSSR count). The third-order valence-corrected chi connectivity index (χ3v) is 11.4. The van der Waals surface area contributed by atoms with E-state index in [0.717, 1.165) is 44.9 Å². The Morgan fingerprint density at radius 3 is 1.42 bits per heavy atom. The molecule has 1 aliphatic heterocycles. The van der Waals surface area contributed by atoms with Crippen molar-refractivity contribution in [2.75, 3.05) is 13.2 Å². The van der Waals surface area contributed by atoms with Crippen LogP contribution in [0.4, 0.5) is 0 Å². The Bertz CT molecular complexity index is 873. The molecule has 0 radical (unpaired) electrons. The lowest BCUT2D eigenvalue weighted by molar-refractivity contribution is -0.302. The molecule has 0 spiro atoms. The maximum absolute atomic E-state index is 12.8. The Kier molecular flexibility index (Phi) is 35.2. The van der Waals surface area contributed by atoms with Crippen LogP contribution >= 0.6 is 0 Å². The quantitative estimate of drug-likeness (QED) is 0.0267. The standard InChI is InChI=1S/C46H89NO8/c1-3-5-7-9-11-12-13-14-15-16-17-18-19-20-21-22-23-24-25-26-27-28-29-30-31-33-35-40(49)39(47-42(50)36-34-32-10-8-6-4-2)38-54-46-45(53)44(52)43(51)41(37-48)55-46/h33,35,39-41,43-46,48-49,51-53H,3-32,34,36-38H2,1-2H3,(H,47,50)/b35-33+. The van der Waals surface area contributed by atoms with Crippen molar-refractivity contribution in [1.82, 2.24) is 5.32 Å². The average Bonchev–Trinajstić information content (AvgIpc) is 3.18. The first kappa shape index (κ1) is 51.9. The van der Waals surface area contributed by atoms with E-state index in [2.05, 4.69) is 19.2 Å². The third-order valence-electron chi connectivity index (χ3n) is 11.4. The smallest absolute Gasteiger partial charge is 0.220 e. The number of aliphatic hydroxyl groups is 5. The Morgan fingerprint density at radius 2 is 1.00 bits per heavy atom. The SMILES string of the molecule is CCCCCCCCCCCCCCCCCCCCCCCCCC/C=C/C(O)C(COC1OC(CO)C(O)C(O)C1O)NC(=O)CCCCCCCC. The van der Waals surface area contributed by atoms with Crippen LogP contribution in [0.2, 0.25) is 0 Å². The topological polar surface area (TPSA) is 149 Å². The molecule has 55 heavy (non-hydrogen) atoms. The van der Waals surface area contributed by atoms with Gasteiger partial charge >= 0.3 is 0 Å². The van der Waals surface area contributed by atoms with Crippen LogP contribution < -0.4 is 5.32 Å². The number of amides is 1. The molecule has 0 aromatic rings. The van der Waals surface area contributed by atoms with Gasteiger partial charge in [0, 0.05) is 6.42 Å². The average molecular weight is 784 g/mol. The van der Waals surface area contributed by atoms with Crippen LogP contribution in [0.3, 0.4) is 0 Å². The van der Waals surface area contributed by atoms with Gasteiger partial charge in [0.15, 0.2) is 6.29 Å². The van der Waals surface area contributed by atoms with Crippen molar-refractivity contribution in [1.29, 1.82) is 0 Å². The fourth-order valence-electron chi connectivity index (χ4n) is 7.57. The summed E-state index contributed by atoms with van der Waals surface area (Å²) < 4.78 is 11.1. The summed E-state index contributed by atoms with van der Waals surface area (Å²) >= 11 is 0. The highest BCUT2D eigenvalue weighted by atomic mass is 16.7. The largest absolute Gasteiger partial charge is 0.394 e. The minimum Gasteiger partial charge on any atom is -0.394 e. The van der Waals surface area contributed by atoms with Gasteiger partial charge in [-0.3, -0.25) is 4.79 Å². The Hall–Kier alpha value is -1.07. The first-order valence-electron chi connectivity index (χ1n) is 23.4. The number of carbonyl (C=O) groups is 1. The summed E-state index contributed by atoms with van der Waals surface area (Å²) in [4.78, 5) is 12.8. The third kappa shape index (κ3) is 28.1. The van der Waals surface area contributed by atoms with E-state index in [1.165, 1.54) is 154 Å². The number of nitrogens with one attached hydrogen (secondary N) is 1. The second-order valence-electron chi connectivity index (χ2n) is 16.6. The van der Waals surface area contributed by atoms with Gasteiger partial charge in [-0.15, -0.1) is 0 Å². The van der Waals surface area contributed by atoms with Crippen molar-refractivity contribution in [3.05, 3.63) is 12.2 Å². The maximum Gasteiger partial charge on any atom is 0.220 e. The van der Waals surface area contributed by atoms with Crippen LogP contribution in [0.15, 0.2) is 12.2 Å². The van der Waals surface area contributed by atoms with Gasteiger partial charge in [-0.2, -0.15) is 0 Å². The molecular weight excluding hydrogens is 695 g/mol. The summed E-state index contributed by atoms with van der Waals surface area (Å²) in [6.45, 7) is 3.71. The molecule has 1 aliphatic rings. The summed E-state index contributed by atoms with van der Waals surface area (Å²) in [6, 6.07) is -0.796. The van der Waals surface area contributed by atoms with Gasteiger partial charge in [0.2, 0.25) is 5.91 Å². The summed E-state index contributed by atoms with van der Waals surface area (Å²) in [5.41, 5.74) is 0. The summed E-state index contributed by atoms with van der Waals surface area (Å²) in [5.74, 6) is -0.185. The van der Waals surface area contributed by atoms with Crippen LogP contribution in [0.25, 0.3) is 0 Å². The van der Waals surface area contributed by atoms with Crippen molar-refractivity contribution < 1.29 is 39.8 Å². The summed E-state index contributed by atoms with van der Waals surface area (Å²) in [5, 5.41) is 53.9. The lowest BCUT2D eigenvalue weighted by Gasteiger charge is -2.40. The van der Waals surface area contributed by atoms with Crippen LogP contribution in [0.1, 0.15) is 219 Å². The van der Waals surface area contributed by atoms with Crippen molar-refractivity contribution in [2.24, 2.45) is 0 Å². The van der Waals surface area contributed by atoms with Crippen LogP contribution in [-0.4, -0.2) is 87.5 Å². The second kappa shape index (κ2) is 37.2. The van der Waals surface area contributed by atoms with E-state index in [0.29, 0.717) is 6.42 Å². The van der Waals surface area contributed by atoms with E-state index in [-0.39, 0.29) is 12.5 Å². The van der Waals surface area contributed by atoms with Gasteiger partial charge in [-0.25, -0.2) is 0 Å². The van der Waals surface area contributed by atoms with Gasteiger partial charge in [-0.05, 0) is 19.3 Å². The highest BCUT2D eigenvalue weighted by Crippen LogP contribution is 2.23. The van der Waals surface area contributed by atoms with Gasteiger partial charge in [0.1, 0.15) is 24.4 Å². The van der Waals surface area contributed by atoms with E-state index >= 15 is 0 Å². The van der Waals surface area contributed by atoms with E-state index < -0.39 is 49.5 Å². The molecule has 9 nitrogen and oxygen atoms in total. The van der Waals surface area contributed by atoms with Gasteiger partial charge < -0.3 is 40.3 Å². The molecular formula is C46H89NO8. The van der Waals surface area contributed by atoms with Crippen molar-refractivity contribution >= 4 is 5.91 Å². The van der Waals surface area contributed by atoms with E-state index in [1.807, 2.05) is 6.08 Å². The van der Waals surface area contributed by atoms with Gasteiger partial charge in [0.05, 0.1) is 25.4 Å². The fourth-order valence-corrected chi connectivity index (χ4v) is 7.57. The number of ether oxygens (including phenoxy) is 2. The molecule has 1 saturated heterocycles. The number of hydrogen-bond donors (Lipinski definition) is 6. The van der Waals surface area contributed by atoms with E-state index in [4.69, 9.17) is 9.47 Å². The number of allylic oxidation sites excluding steroid dienone is 1. The number of hydrogen-bond acceptors (Lipinski definition) is 8. The Labute approximate surface area is 337 Å². The molecule has 9 heteroatoms. The van der Waals surface area contributed by atoms with Gasteiger partial charge in [0.25, 0.3) is 0 Å². The number of aliphatic hydroxyl groups excluding tert-OH is 5. The molecule has 0 saturated carbocycles. The van der Waals surface area contributed by atoms with Crippen molar-refractivity contribution in [2.45, 2.75) is 262 Å². The van der Waals surface area contributed by atoms with Crippen molar-refractivity contribution in [3.63, 3.8) is 0 Å². The maximum atomic E-state index is 12.8.